The van der Waals surface area contributed by atoms with E-state index in [-0.39, 0.29) is 0 Å². The second-order valence-electron chi connectivity index (χ2n) is 6.80. The highest BCUT2D eigenvalue weighted by atomic mass is 16.7. The third-order valence-electron chi connectivity index (χ3n) is 5.21. The molecule has 2 aromatic carbocycles. The van der Waals surface area contributed by atoms with E-state index in [4.69, 9.17) is 14.2 Å². The highest BCUT2D eigenvalue weighted by Crippen LogP contribution is 2.34. The third-order valence-corrected chi connectivity index (χ3v) is 5.21. The third kappa shape index (κ3) is 3.59. The second kappa shape index (κ2) is 7.36. The van der Waals surface area contributed by atoms with E-state index < -0.39 is 0 Å². The maximum Gasteiger partial charge on any atom is 0.231 e. The number of ether oxygens (including phenoxy) is 3. The van der Waals surface area contributed by atoms with Gasteiger partial charge in [-0.2, -0.15) is 0 Å². The van der Waals surface area contributed by atoms with E-state index in [9.17, 15) is 0 Å². The van der Waals surface area contributed by atoms with Crippen molar-refractivity contribution in [2.45, 2.75) is 31.6 Å². The molecule has 25 heavy (non-hydrogen) atoms. The van der Waals surface area contributed by atoms with Crippen LogP contribution in [0.2, 0.25) is 0 Å². The molecule has 1 atom stereocenters. The number of rotatable bonds is 6. The van der Waals surface area contributed by atoms with Crippen molar-refractivity contribution < 1.29 is 14.2 Å². The molecule has 1 heterocycles. The summed E-state index contributed by atoms with van der Waals surface area (Å²) in [6.45, 7) is 2.34. The van der Waals surface area contributed by atoms with Crippen molar-refractivity contribution in [3.8, 4) is 17.2 Å². The van der Waals surface area contributed by atoms with Crippen molar-refractivity contribution in [1.29, 1.82) is 0 Å². The molecule has 4 nitrogen and oxygen atoms in total. The van der Waals surface area contributed by atoms with E-state index in [0.29, 0.717) is 12.7 Å². The quantitative estimate of drug-likeness (QED) is 0.815. The van der Waals surface area contributed by atoms with Gasteiger partial charge in [-0.25, -0.2) is 0 Å². The van der Waals surface area contributed by atoms with Gasteiger partial charge in [0.05, 0.1) is 7.11 Å². The summed E-state index contributed by atoms with van der Waals surface area (Å²) in [5.41, 5.74) is 4.22. The molecule has 132 valence electrons. The first-order chi connectivity index (χ1) is 12.3. The van der Waals surface area contributed by atoms with Gasteiger partial charge >= 0.3 is 0 Å². The molecule has 1 aliphatic carbocycles. The number of hydrogen-bond acceptors (Lipinski definition) is 4. The smallest absolute Gasteiger partial charge is 0.231 e. The summed E-state index contributed by atoms with van der Waals surface area (Å²) in [4.78, 5) is 0. The zero-order valence-corrected chi connectivity index (χ0v) is 14.7. The number of hydrogen-bond donors (Lipinski definition) is 1. The van der Waals surface area contributed by atoms with Crippen LogP contribution in [0.5, 0.6) is 17.2 Å². The van der Waals surface area contributed by atoms with Gasteiger partial charge in [0, 0.05) is 6.54 Å². The molecule has 4 rings (SSSR count). The van der Waals surface area contributed by atoms with Gasteiger partial charge in [-0.1, -0.05) is 12.1 Å². The highest BCUT2D eigenvalue weighted by Gasteiger charge is 2.20. The molecular formula is C21H25NO3. The monoisotopic (exact) mass is 339 g/mol. The van der Waals surface area contributed by atoms with Crippen molar-refractivity contribution in [2.24, 2.45) is 0 Å². The molecule has 4 heteroatoms. The van der Waals surface area contributed by atoms with Crippen molar-refractivity contribution in [3.05, 3.63) is 53.1 Å². The van der Waals surface area contributed by atoms with Crippen LogP contribution < -0.4 is 19.5 Å². The SMILES string of the molecule is COc1ccc2c(c1)CCCC2CNCCc1ccc2c(c1)OCO2. The van der Waals surface area contributed by atoms with Crippen molar-refractivity contribution in [3.63, 3.8) is 0 Å². The van der Waals surface area contributed by atoms with Gasteiger partial charge in [0.15, 0.2) is 11.5 Å². The number of nitrogens with one attached hydrogen (secondary N) is 1. The van der Waals surface area contributed by atoms with E-state index in [1.54, 1.807) is 7.11 Å². The standard InChI is InChI=1S/C21H25NO3/c1-23-18-6-7-19-16(12-18)3-2-4-17(19)13-22-10-9-15-5-8-20-21(11-15)25-14-24-20/h5-8,11-12,17,22H,2-4,9-10,13-14H2,1H3. The fraction of sp³-hybridized carbons (Fsp3) is 0.429. The molecule has 0 saturated heterocycles. The molecule has 0 radical (unpaired) electrons. The summed E-state index contributed by atoms with van der Waals surface area (Å²) in [5.74, 6) is 3.29. The topological polar surface area (TPSA) is 39.7 Å². The van der Waals surface area contributed by atoms with E-state index in [0.717, 1.165) is 36.8 Å². The molecule has 0 amide bonds. The molecule has 0 aromatic heterocycles. The number of methoxy groups -OCH3 is 1. The minimum Gasteiger partial charge on any atom is -0.497 e. The Hall–Kier alpha value is -2.20. The Balaban J connectivity index is 1.31. The minimum atomic E-state index is 0.336. The van der Waals surface area contributed by atoms with Crippen molar-refractivity contribution in [1.82, 2.24) is 5.32 Å². The summed E-state index contributed by atoms with van der Waals surface area (Å²) >= 11 is 0. The van der Waals surface area contributed by atoms with Crippen LogP contribution in [0, 0.1) is 0 Å². The molecule has 1 aliphatic heterocycles. The zero-order valence-electron chi connectivity index (χ0n) is 14.7. The Morgan fingerprint density at radius 2 is 2.04 bits per heavy atom. The van der Waals surface area contributed by atoms with Crippen LogP contribution in [0.15, 0.2) is 36.4 Å². The molecule has 0 fully saturated rings. The minimum absolute atomic E-state index is 0.336. The molecule has 0 bridgehead atoms. The summed E-state index contributed by atoms with van der Waals surface area (Å²) in [6.07, 6.45) is 4.68. The molecular weight excluding hydrogens is 314 g/mol. The fourth-order valence-corrected chi connectivity index (χ4v) is 3.84. The van der Waals surface area contributed by atoms with Gasteiger partial charge in [-0.15, -0.1) is 0 Å². The lowest BCUT2D eigenvalue weighted by Crippen LogP contribution is -2.26. The van der Waals surface area contributed by atoms with E-state index >= 15 is 0 Å². The summed E-state index contributed by atoms with van der Waals surface area (Å²) in [6, 6.07) is 12.8. The van der Waals surface area contributed by atoms with Gasteiger partial charge in [0.25, 0.3) is 0 Å². The van der Waals surface area contributed by atoms with Crippen LogP contribution in [0.25, 0.3) is 0 Å². The predicted molar refractivity (Wildman–Crippen MR) is 97.8 cm³/mol. The van der Waals surface area contributed by atoms with E-state index in [2.05, 4.69) is 35.6 Å². The van der Waals surface area contributed by atoms with Crippen LogP contribution in [0.1, 0.15) is 35.4 Å². The van der Waals surface area contributed by atoms with Gasteiger partial charge in [-0.3, -0.25) is 0 Å². The first-order valence-electron chi connectivity index (χ1n) is 9.09. The van der Waals surface area contributed by atoms with Crippen LogP contribution in [-0.4, -0.2) is 27.0 Å². The van der Waals surface area contributed by atoms with Gasteiger partial charge < -0.3 is 19.5 Å². The molecule has 1 unspecified atom stereocenters. The summed E-state index contributed by atoms with van der Waals surface area (Å²) in [5, 5.41) is 3.64. The predicted octanol–water partition coefficient (Wildman–Crippen LogP) is 3.68. The Labute approximate surface area is 149 Å². The second-order valence-corrected chi connectivity index (χ2v) is 6.80. The van der Waals surface area contributed by atoms with E-state index in [1.807, 2.05) is 6.07 Å². The average molecular weight is 339 g/mol. The van der Waals surface area contributed by atoms with Crippen molar-refractivity contribution >= 4 is 0 Å². The van der Waals surface area contributed by atoms with Crippen LogP contribution in [-0.2, 0) is 12.8 Å². The summed E-state index contributed by atoms with van der Waals surface area (Å²) < 4.78 is 16.2. The Kier molecular flexibility index (Phi) is 4.79. The van der Waals surface area contributed by atoms with Gasteiger partial charge in [0.2, 0.25) is 6.79 Å². The maximum atomic E-state index is 5.45. The Morgan fingerprint density at radius 3 is 2.96 bits per heavy atom. The normalized spacial score (nSPS) is 18.0. The first kappa shape index (κ1) is 16.3. The van der Waals surface area contributed by atoms with Gasteiger partial charge in [-0.05, 0) is 79.1 Å². The van der Waals surface area contributed by atoms with Gasteiger partial charge in [0.1, 0.15) is 5.75 Å². The lowest BCUT2D eigenvalue weighted by Gasteiger charge is -2.26. The average Bonchev–Trinajstić information content (AvgIpc) is 3.12. The lowest BCUT2D eigenvalue weighted by atomic mass is 9.82. The number of benzene rings is 2. The molecule has 0 saturated carbocycles. The molecule has 2 aromatic rings. The van der Waals surface area contributed by atoms with Crippen LogP contribution in [0.4, 0.5) is 0 Å². The highest BCUT2D eigenvalue weighted by molar-refractivity contribution is 5.44. The Morgan fingerprint density at radius 1 is 1.12 bits per heavy atom. The fourth-order valence-electron chi connectivity index (χ4n) is 3.84. The van der Waals surface area contributed by atoms with E-state index in [1.165, 1.54) is 36.0 Å². The first-order valence-corrected chi connectivity index (χ1v) is 9.09. The lowest BCUT2D eigenvalue weighted by molar-refractivity contribution is 0.174. The molecule has 2 aliphatic rings. The van der Waals surface area contributed by atoms with Crippen LogP contribution >= 0.6 is 0 Å². The number of aryl methyl sites for hydroxylation is 1. The zero-order chi connectivity index (χ0) is 17.1. The molecule has 1 N–H and O–H groups in total. The van der Waals surface area contributed by atoms with Crippen LogP contribution in [0.3, 0.4) is 0 Å². The number of fused-ring (bicyclic) bond motifs is 2. The largest absolute Gasteiger partial charge is 0.497 e. The molecule has 0 spiro atoms. The summed E-state index contributed by atoms with van der Waals surface area (Å²) in [7, 11) is 1.74. The van der Waals surface area contributed by atoms with Crippen molar-refractivity contribution in [2.75, 3.05) is 27.0 Å². The Bertz CT molecular complexity index is 744. The maximum absolute atomic E-state index is 5.45.